The Balaban J connectivity index is 1.47. The monoisotopic (exact) mass is 400 g/mol. The molecule has 0 radical (unpaired) electrons. The second kappa shape index (κ2) is 1.20. The van der Waals surface area contributed by atoms with Gasteiger partial charge in [0.2, 0.25) is 0 Å². The molecule has 0 saturated carbocycles. The molecule has 5 unspecified atom stereocenters. The van der Waals surface area contributed by atoms with Crippen LogP contribution in [0.1, 0.15) is 11.1 Å². The van der Waals surface area contributed by atoms with Crippen molar-refractivity contribution in [1.82, 2.24) is 0 Å². The molecule has 0 aromatic heterocycles. The average Bonchev–Trinajstić information content (AvgIpc) is 3.62. The molecule has 0 aliphatic carbocycles. The Hall–Kier alpha value is -1.14. The standard InChI is InChI=1S/C17H12O2P.C5H5.Fe/c18-20(19)16-12-11-15(13-7-3-1-4-8-13)17(16)14-9-5-2-6-10-14;1-2-4-5-3-1;/h1-12H;1-5H;. The van der Waals surface area contributed by atoms with Crippen LogP contribution in [-0.4, -0.2) is 4.05 Å². The summed E-state index contributed by atoms with van der Waals surface area (Å²) in [5, 5.41) is 0. The van der Waals surface area contributed by atoms with Crippen LogP contribution in [0.25, 0.3) is 0 Å². The summed E-state index contributed by atoms with van der Waals surface area (Å²) in [6.07, 6.45) is 0. The summed E-state index contributed by atoms with van der Waals surface area (Å²) in [6.45, 7) is -4.24. The van der Waals surface area contributed by atoms with Crippen molar-refractivity contribution in [3.05, 3.63) is 71.8 Å². The van der Waals surface area contributed by atoms with E-state index in [9.17, 15) is 9.13 Å². The van der Waals surface area contributed by atoms with Crippen molar-refractivity contribution < 1.29 is 15.6 Å². The van der Waals surface area contributed by atoms with Gasteiger partial charge in [0, 0.05) is 0 Å². The number of hydrogen-bond acceptors (Lipinski definition) is 2. The van der Waals surface area contributed by atoms with Gasteiger partial charge in [-0.1, -0.05) is 0 Å². The predicted molar refractivity (Wildman–Crippen MR) is 93.5 cm³/mol. The van der Waals surface area contributed by atoms with E-state index in [0.717, 1.165) is 28.9 Å². The molecule has 0 amide bonds. The third kappa shape index (κ3) is 0.146. The van der Waals surface area contributed by atoms with E-state index in [4.69, 9.17) is 0 Å². The van der Waals surface area contributed by atoms with Gasteiger partial charge in [-0.15, -0.1) is 0 Å². The Morgan fingerprint density at radius 1 is 0.692 bits per heavy atom. The summed E-state index contributed by atoms with van der Waals surface area (Å²) in [6, 6.07) is 22.4. The first kappa shape index (κ1) is 11.0. The number of benzene rings is 2. The van der Waals surface area contributed by atoms with E-state index in [-0.39, 0.29) is 8.37 Å². The average molecular weight is 400 g/mol. The van der Waals surface area contributed by atoms with Crippen LogP contribution in [0.4, 0.5) is 0 Å². The van der Waals surface area contributed by atoms with E-state index in [1.165, 1.54) is 5.56 Å². The molecule has 130 valence electrons. The van der Waals surface area contributed by atoms with E-state index in [0.29, 0.717) is 9.13 Å². The molecule has 10 fully saturated rings. The SMILES string of the molecule is O=P(=O)[C]12[CH]3[CH]4[C]5(c6ccccc6)[C]1(c1ccccc1)[Fe]43521678[CH]2[CH]1[CH]6[CH]7[CH]28. The maximum absolute atomic E-state index is 13.2. The molecule has 2 aromatic carbocycles. The second-order valence-corrected chi connectivity index (χ2v) is 37.3. The maximum atomic E-state index is 13.2. The van der Waals surface area contributed by atoms with Crippen molar-refractivity contribution >= 4 is 7.68 Å². The normalized spacial score (nSPS) is 87.3. The van der Waals surface area contributed by atoms with E-state index in [2.05, 4.69) is 60.7 Å². The first-order valence-electron chi connectivity index (χ1n) is 9.95. The number of fused-ring (bicyclic) bond motifs is 10. The Kier molecular flexibility index (Phi) is 0.509. The van der Waals surface area contributed by atoms with Crippen molar-refractivity contribution in [3.8, 4) is 0 Å². The van der Waals surface area contributed by atoms with Gasteiger partial charge in [0.1, 0.15) is 0 Å². The van der Waals surface area contributed by atoms with Gasteiger partial charge in [-0.2, -0.15) is 0 Å². The van der Waals surface area contributed by atoms with Crippen molar-refractivity contribution in [1.29, 1.82) is 0 Å². The van der Waals surface area contributed by atoms with Gasteiger partial charge >= 0.3 is 142 Å². The van der Waals surface area contributed by atoms with E-state index in [1.54, 1.807) is 5.56 Å². The molecular weight excluding hydrogens is 383 g/mol. The van der Waals surface area contributed by atoms with Gasteiger partial charge in [0.05, 0.1) is 0 Å². The van der Waals surface area contributed by atoms with Gasteiger partial charge < -0.3 is 0 Å². The summed E-state index contributed by atoms with van der Waals surface area (Å²) in [4.78, 5) is 6.24. The van der Waals surface area contributed by atoms with Crippen LogP contribution in [0.3, 0.4) is 0 Å². The molecule has 0 N–H and O–H groups in total. The molecule has 10 heterocycles. The van der Waals surface area contributed by atoms with Crippen LogP contribution in [0, 0.1) is 0 Å². The fourth-order valence-corrected chi connectivity index (χ4v) is 109. The quantitative estimate of drug-likeness (QED) is 0.492. The molecule has 26 heavy (non-hydrogen) atoms. The molecule has 5 atom stereocenters. The molecule has 2 nitrogen and oxygen atoms in total. The Morgan fingerprint density at radius 2 is 1.19 bits per heavy atom. The number of rotatable bonds is 3. The summed E-state index contributed by atoms with van der Waals surface area (Å²) >= 11 is 0. The first-order valence-corrected chi connectivity index (χ1v) is 17.2. The van der Waals surface area contributed by atoms with E-state index >= 15 is 0 Å². The zero-order chi connectivity index (χ0) is 16.7. The molecule has 12 rings (SSSR count). The van der Waals surface area contributed by atoms with Gasteiger partial charge in [-0.3, -0.25) is 0 Å². The minimum atomic E-state index is -4.24. The van der Waals surface area contributed by atoms with Crippen molar-refractivity contribution in [2.45, 2.75) is 46.4 Å². The Bertz CT molecular complexity index is 1660. The van der Waals surface area contributed by atoms with Gasteiger partial charge in [-0.05, 0) is 0 Å². The molecule has 10 aliphatic heterocycles. The van der Waals surface area contributed by atoms with Crippen LogP contribution in [0.15, 0.2) is 60.7 Å². The summed E-state index contributed by atoms with van der Waals surface area (Å²) < 4.78 is 26.6. The second-order valence-electron chi connectivity index (χ2n) is 12.8. The van der Waals surface area contributed by atoms with Crippen LogP contribution in [-0.2, 0) is 24.3 Å². The van der Waals surface area contributed by atoms with E-state index < -0.39 is 14.2 Å². The molecule has 10 saturated heterocycles. The van der Waals surface area contributed by atoms with Gasteiger partial charge in [0.25, 0.3) is 0 Å². The molecule has 10 aliphatic rings. The van der Waals surface area contributed by atoms with Crippen molar-refractivity contribution in [2.75, 3.05) is 0 Å². The topological polar surface area (TPSA) is 34.1 Å². The fourth-order valence-electron chi connectivity index (χ4n) is 20.3. The zero-order valence-electron chi connectivity index (χ0n) is 13.9. The molecule has 1 spiro atoms. The third-order valence-corrected chi connectivity index (χ3v) is 65.8. The van der Waals surface area contributed by atoms with Crippen LogP contribution < -0.4 is 0 Å². The fraction of sp³-hybridized carbons (Fsp3) is 0.455. The third-order valence-electron chi connectivity index (χ3n) is 17.6. The van der Waals surface area contributed by atoms with Crippen LogP contribution >= 0.6 is 7.68 Å². The minimum absolute atomic E-state index is 0.108. The van der Waals surface area contributed by atoms with Crippen molar-refractivity contribution in [2.24, 2.45) is 0 Å². The van der Waals surface area contributed by atoms with Crippen molar-refractivity contribution in [3.63, 3.8) is 0 Å². The van der Waals surface area contributed by atoms with Gasteiger partial charge in [-0.25, -0.2) is 0 Å². The summed E-state index contributed by atoms with van der Waals surface area (Å²) in [5.41, 5.74) is 3.03. The van der Waals surface area contributed by atoms with E-state index in [1.807, 2.05) is 0 Å². The van der Waals surface area contributed by atoms with Crippen LogP contribution in [0.2, 0.25) is 33.7 Å². The van der Waals surface area contributed by atoms with Crippen LogP contribution in [0.5, 0.6) is 0 Å². The first-order chi connectivity index (χ1) is 12.5. The van der Waals surface area contributed by atoms with Gasteiger partial charge in [0.15, 0.2) is 0 Å². The Labute approximate surface area is 141 Å². The molecule has 2 aromatic rings. The molecule has 0 bridgehead atoms. The molecular formula is C22H17FeO2P. The Morgan fingerprint density at radius 3 is 1.65 bits per heavy atom. The predicted octanol–water partition coefficient (Wildman–Crippen LogP) is 5.67. The number of hydrogen-bond donors (Lipinski definition) is 0. The summed E-state index contributed by atoms with van der Waals surface area (Å²) in [5.74, 6) is 0. The summed E-state index contributed by atoms with van der Waals surface area (Å²) in [7, 11) is -2.31. The molecule has 4 heteroatoms. The zero-order valence-corrected chi connectivity index (χ0v) is 15.9.